The third kappa shape index (κ3) is 6.13. The van der Waals surface area contributed by atoms with Crippen LogP contribution in [0.4, 0.5) is 0 Å². The molecule has 6 nitrogen and oxygen atoms in total. The Morgan fingerprint density at radius 3 is 2.58 bits per heavy atom. The molecule has 4 rings (SSSR count). The Morgan fingerprint density at radius 1 is 1.14 bits per heavy atom. The zero-order chi connectivity index (χ0) is 25.8. The standard InChI is InChI=1S/C29H35N3O3S/c1-18(2)14-27(33)32-13-12-21-10-11-23(15-24(21)28(32)22-8-6-20(5)7-9-22)35-16-26-31-25(17-36-26)29(34)30-19(3)4/h6-11,15,17-19,28H,12-14,16H2,1-5H3,(H,30,34)/t28-/m0/s1. The number of amides is 2. The van der Waals surface area contributed by atoms with Crippen LogP contribution in [0.15, 0.2) is 47.8 Å². The first kappa shape index (κ1) is 25.9. The van der Waals surface area contributed by atoms with Crippen LogP contribution in [0, 0.1) is 12.8 Å². The summed E-state index contributed by atoms with van der Waals surface area (Å²) in [6, 6.07) is 14.5. The van der Waals surface area contributed by atoms with E-state index in [1.165, 1.54) is 22.5 Å². The smallest absolute Gasteiger partial charge is 0.270 e. The van der Waals surface area contributed by atoms with E-state index in [-0.39, 0.29) is 30.5 Å². The summed E-state index contributed by atoms with van der Waals surface area (Å²) in [5.41, 5.74) is 5.06. The first-order valence-corrected chi connectivity index (χ1v) is 13.5. The molecule has 0 bridgehead atoms. The summed E-state index contributed by atoms with van der Waals surface area (Å²) in [6.07, 6.45) is 1.35. The number of benzene rings is 2. The van der Waals surface area contributed by atoms with Gasteiger partial charge in [0.1, 0.15) is 23.1 Å². The number of carbonyl (C=O) groups excluding carboxylic acids is 2. The third-order valence-corrected chi connectivity index (χ3v) is 7.03. The Labute approximate surface area is 217 Å². The number of ether oxygens (including phenoxy) is 1. The predicted molar refractivity (Wildman–Crippen MR) is 143 cm³/mol. The lowest BCUT2D eigenvalue weighted by Gasteiger charge is -2.38. The van der Waals surface area contributed by atoms with E-state index in [1.54, 1.807) is 5.38 Å². The van der Waals surface area contributed by atoms with Gasteiger partial charge >= 0.3 is 0 Å². The molecule has 3 aromatic rings. The minimum atomic E-state index is -0.173. The number of thiazole rings is 1. The average Bonchev–Trinajstić information content (AvgIpc) is 3.31. The second-order valence-corrected chi connectivity index (χ2v) is 11.1. The highest BCUT2D eigenvalue weighted by molar-refractivity contribution is 7.09. The van der Waals surface area contributed by atoms with Gasteiger partial charge in [-0.15, -0.1) is 11.3 Å². The van der Waals surface area contributed by atoms with E-state index in [9.17, 15) is 9.59 Å². The summed E-state index contributed by atoms with van der Waals surface area (Å²) in [4.78, 5) is 31.9. The molecule has 1 aromatic heterocycles. The molecule has 0 aliphatic carbocycles. The van der Waals surface area contributed by atoms with Gasteiger partial charge in [0.25, 0.3) is 5.91 Å². The highest BCUT2D eigenvalue weighted by Gasteiger charge is 2.32. The number of aryl methyl sites for hydroxylation is 1. The molecule has 1 aliphatic heterocycles. The number of nitrogens with one attached hydrogen (secondary N) is 1. The monoisotopic (exact) mass is 505 g/mol. The summed E-state index contributed by atoms with van der Waals surface area (Å²) in [5, 5.41) is 5.36. The van der Waals surface area contributed by atoms with Crippen molar-refractivity contribution in [2.75, 3.05) is 6.54 Å². The summed E-state index contributed by atoms with van der Waals surface area (Å²) in [5.74, 6) is 1.04. The third-order valence-electron chi connectivity index (χ3n) is 6.21. The second kappa shape index (κ2) is 11.2. The molecule has 0 saturated carbocycles. The number of rotatable bonds is 8. The van der Waals surface area contributed by atoms with E-state index >= 15 is 0 Å². The molecule has 1 aliphatic rings. The Bertz CT molecular complexity index is 1220. The molecular weight excluding hydrogens is 470 g/mol. The minimum absolute atomic E-state index is 0.0582. The van der Waals surface area contributed by atoms with Crippen LogP contribution >= 0.6 is 11.3 Å². The first-order chi connectivity index (χ1) is 17.2. The Morgan fingerprint density at radius 2 is 1.89 bits per heavy atom. The fraction of sp³-hybridized carbons (Fsp3) is 0.414. The quantitative estimate of drug-likeness (QED) is 0.427. The van der Waals surface area contributed by atoms with Gasteiger partial charge in [0.15, 0.2) is 0 Å². The number of hydrogen-bond acceptors (Lipinski definition) is 5. The molecule has 2 aromatic carbocycles. The fourth-order valence-electron chi connectivity index (χ4n) is 4.49. The fourth-order valence-corrected chi connectivity index (χ4v) is 5.17. The summed E-state index contributed by atoms with van der Waals surface area (Å²) < 4.78 is 6.11. The number of aromatic nitrogens is 1. The molecular formula is C29H35N3O3S. The highest BCUT2D eigenvalue weighted by atomic mass is 32.1. The van der Waals surface area contributed by atoms with Crippen LogP contribution in [0.1, 0.15) is 77.9 Å². The average molecular weight is 506 g/mol. The molecule has 2 heterocycles. The van der Waals surface area contributed by atoms with Gasteiger partial charge in [-0.05, 0) is 61.9 Å². The highest BCUT2D eigenvalue weighted by Crippen LogP contribution is 2.38. The molecule has 0 saturated heterocycles. The van der Waals surface area contributed by atoms with Crippen molar-refractivity contribution in [1.82, 2.24) is 15.2 Å². The topological polar surface area (TPSA) is 71.5 Å². The van der Waals surface area contributed by atoms with Crippen LogP contribution in [0.3, 0.4) is 0 Å². The lowest BCUT2D eigenvalue weighted by molar-refractivity contribution is -0.134. The van der Waals surface area contributed by atoms with Crippen LogP contribution in [0.2, 0.25) is 0 Å². The molecule has 0 fully saturated rings. The van der Waals surface area contributed by atoms with Crippen molar-refractivity contribution in [2.24, 2.45) is 5.92 Å². The van der Waals surface area contributed by atoms with E-state index in [1.807, 2.05) is 24.8 Å². The largest absolute Gasteiger partial charge is 0.486 e. The minimum Gasteiger partial charge on any atom is -0.486 e. The zero-order valence-electron chi connectivity index (χ0n) is 21.7. The molecule has 2 amide bonds. The molecule has 7 heteroatoms. The Kier molecular flexibility index (Phi) is 8.09. The molecule has 1 N–H and O–H groups in total. The van der Waals surface area contributed by atoms with Crippen molar-refractivity contribution in [3.63, 3.8) is 0 Å². The molecule has 0 spiro atoms. The second-order valence-electron chi connectivity index (χ2n) is 10.2. The number of hydrogen-bond donors (Lipinski definition) is 1. The molecule has 1 atom stereocenters. The Hall–Kier alpha value is -3.19. The van der Waals surface area contributed by atoms with E-state index in [0.29, 0.717) is 24.6 Å². The van der Waals surface area contributed by atoms with Gasteiger partial charge in [-0.1, -0.05) is 49.7 Å². The maximum Gasteiger partial charge on any atom is 0.270 e. The lowest BCUT2D eigenvalue weighted by Crippen LogP contribution is -2.41. The van der Waals surface area contributed by atoms with Crippen LogP contribution in [0.25, 0.3) is 0 Å². The number of fused-ring (bicyclic) bond motifs is 1. The van der Waals surface area contributed by atoms with Crippen molar-refractivity contribution in [2.45, 2.75) is 66.2 Å². The molecule has 36 heavy (non-hydrogen) atoms. The first-order valence-electron chi connectivity index (χ1n) is 12.6. The van der Waals surface area contributed by atoms with Crippen molar-refractivity contribution in [3.8, 4) is 5.75 Å². The van der Waals surface area contributed by atoms with Gasteiger partial charge in [-0.25, -0.2) is 4.98 Å². The molecule has 0 unspecified atom stereocenters. The van der Waals surface area contributed by atoms with Crippen molar-refractivity contribution >= 4 is 23.2 Å². The van der Waals surface area contributed by atoms with Crippen LogP contribution in [-0.2, 0) is 17.8 Å². The van der Waals surface area contributed by atoms with E-state index in [0.717, 1.165) is 28.3 Å². The van der Waals surface area contributed by atoms with E-state index in [4.69, 9.17) is 4.74 Å². The van der Waals surface area contributed by atoms with E-state index in [2.05, 4.69) is 67.5 Å². The van der Waals surface area contributed by atoms with Crippen LogP contribution < -0.4 is 10.1 Å². The van der Waals surface area contributed by atoms with Gasteiger partial charge in [0.2, 0.25) is 5.91 Å². The van der Waals surface area contributed by atoms with Gasteiger partial charge in [0, 0.05) is 24.4 Å². The van der Waals surface area contributed by atoms with Gasteiger partial charge in [0.05, 0.1) is 6.04 Å². The summed E-state index contributed by atoms with van der Waals surface area (Å²) in [7, 11) is 0. The predicted octanol–water partition coefficient (Wildman–Crippen LogP) is 5.69. The molecule has 190 valence electrons. The summed E-state index contributed by atoms with van der Waals surface area (Å²) in [6.45, 7) is 11.1. The van der Waals surface area contributed by atoms with Crippen LogP contribution in [0.5, 0.6) is 5.75 Å². The van der Waals surface area contributed by atoms with Crippen molar-refractivity contribution < 1.29 is 14.3 Å². The van der Waals surface area contributed by atoms with Gasteiger partial charge in [-0.2, -0.15) is 0 Å². The maximum absolute atomic E-state index is 13.2. The number of carbonyl (C=O) groups is 2. The van der Waals surface area contributed by atoms with Gasteiger partial charge < -0.3 is 15.0 Å². The van der Waals surface area contributed by atoms with Crippen molar-refractivity contribution in [3.05, 3.63) is 80.8 Å². The normalized spacial score (nSPS) is 15.2. The maximum atomic E-state index is 13.2. The molecule has 0 radical (unpaired) electrons. The summed E-state index contributed by atoms with van der Waals surface area (Å²) >= 11 is 1.41. The SMILES string of the molecule is Cc1ccc([C@H]2c3cc(OCc4nc(C(=O)NC(C)C)cs4)ccc3CCN2C(=O)CC(C)C)cc1. The number of nitrogens with zero attached hydrogens (tertiary/aromatic N) is 2. The van der Waals surface area contributed by atoms with Crippen LogP contribution in [-0.4, -0.2) is 34.3 Å². The van der Waals surface area contributed by atoms with E-state index < -0.39 is 0 Å². The zero-order valence-corrected chi connectivity index (χ0v) is 22.5. The lowest BCUT2D eigenvalue weighted by atomic mass is 9.87. The Balaban J connectivity index is 1.58. The van der Waals surface area contributed by atoms with Crippen molar-refractivity contribution in [1.29, 1.82) is 0 Å². The van der Waals surface area contributed by atoms with Gasteiger partial charge in [-0.3, -0.25) is 9.59 Å².